The van der Waals surface area contributed by atoms with Crippen LogP contribution in [0.25, 0.3) is 11.0 Å². The fourth-order valence-corrected chi connectivity index (χ4v) is 2.06. The Balaban J connectivity index is 1.83. The second-order valence-corrected chi connectivity index (χ2v) is 4.64. The highest BCUT2D eigenvalue weighted by Gasteiger charge is 2.04. The van der Waals surface area contributed by atoms with Crippen LogP contribution >= 0.6 is 0 Å². The summed E-state index contributed by atoms with van der Waals surface area (Å²) in [6.07, 6.45) is 0. The van der Waals surface area contributed by atoms with Crippen molar-refractivity contribution in [3.8, 4) is 5.75 Å². The number of aromatic nitrogens is 2. The molecule has 2 aromatic carbocycles. The molecule has 0 fully saturated rings. The fraction of sp³-hybridized carbons (Fsp3) is 0.125. The average Bonchev–Trinajstić information content (AvgIpc) is 2.47. The molecule has 100 valence electrons. The van der Waals surface area contributed by atoms with E-state index >= 15 is 0 Å². The highest BCUT2D eigenvalue weighted by atomic mass is 16.3. The Morgan fingerprint density at radius 2 is 1.60 bits per heavy atom. The van der Waals surface area contributed by atoms with Crippen molar-refractivity contribution < 1.29 is 5.11 Å². The molecule has 0 saturated carbocycles. The fourth-order valence-electron chi connectivity index (χ4n) is 2.06. The molecule has 3 aromatic rings. The first-order valence-electron chi connectivity index (χ1n) is 6.47. The van der Waals surface area contributed by atoms with E-state index in [1.165, 1.54) is 0 Å². The maximum absolute atomic E-state index is 9.25. The van der Waals surface area contributed by atoms with Crippen LogP contribution in [0.15, 0.2) is 48.5 Å². The number of aromatic hydroxyl groups is 1. The molecule has 1 aromatic heterocycles. The summed E-state index contributed by atoms with van der Waals surface area (Å²) in [7, 11) is 0. The summed E-state index contributed by atoms with van der Waals surface area (Å²) in [5.41, 5.74) is 4.61. The molecule has 0 saturated heterocycles. The van der Waals surface area contributed by atoms with Crippen LogP contribution in [0.5, 0.6) is 5.75 Å². The van der Waals surface area contributed by atoms with E-state index in [0.717, 1.165) is 28.1 Å². The highest BCUT2D eigenvalue weighted by molar-refractivity contribution is 5.74. The van der Waals surface area contributed by atoms with E-state index in [-0.39, 0.29) is 5.75 Å². The number of aryl methyl sites for hydroxylation is 1. The lowest BCUT2D eigenvalue weighted by Gasteiger charge is -2.09. The molecule has 0 spiro atoms. The molecule has 0 amide bonds. The zero-order chi connectivity index (χ0) is 13.9. The molecule has 1 heterocycles. The summed E-state index contributed by atoms with van der Waals surface area (Å²) >= 11 is 0. The minimum atomic E-state index is 0.261. The predicted molar refractivity (Wildman–Crippen MR) is 79.7 cm³/mol. The van der Waals surface area contributed by atoms with Gasteiger partial charge in [-0.05, 0) is 43.3 Å². The van der Waals surface area contributed by atoms with Gasteiger partial charge in [0, 0.05) is 5.69 Å². The molecule has 0 atom stereocenters. The number of phenols is 1. The van der Waals surface area contributed by atoms with Crippen LogP contribution in [0, 0.1) is 6.92 Å². The molecule has 3 rings (SSSR count). The number of anilines is 1. The first kappa shape index (κ1) is 12.4. The second-order valence-electron chi connectivity index (χ2n) is 4.64. The normalized spacial score (nSPS) is 10.7. The monoisotopic (exact) mass is 265 g/mol. The molecular formula is C16H15N3O. The van der Waals surface area contributed by atoms with Crippen LogP contribution in [0.3, 0.4) is 0 Å². The van der Waals surface area contributed by atoms with E-state index < -0.39 is 0 Å². The van der Waals surface area contributed by atoms with Gasteiger partial charge >= 0.3 is 0 Å². The Hall–Kier alpha value is -2.62. The summed E-state index contributed by atoms with van der Waals surface area (Å²) in [4.78, 5) is 9.19. The molecule has 0 aliphatic carbocycles. The van der Waals surface area contributed by atoms with E-state index in [2.05, 4.69) is 15.3 Å². The maximum Gasteiger partial charge on any atom is 0.115 e. The number of phenolic OH excluding ortho intramolecular Hbond substituents is 1. The van der Waals surface area contributed by atoms with Gasteiger partial charge in [0.2, 0.25) is 0 Å². The Kier molecular flexibility index (Phi) is 3.21. The smallest absolute Gasteiger partial charge is 0.115 e. The van der Waals surface area contributed by atoms with Crippen molar-refractivity contribution in [3.63, 3.8) is 0 Å². The Bertz CT molecular complexity index is 738. The summed E-state index contributed by atoms with van der Waals surface area (Å²) in [6.45, 7) is 2.57. The van der Waals surface area contributed by atoms with Gasteiger partial charge in [0.1, 0.15) is 5.75 Å². The molecule has 0 unspecified atom stereocenters. The van der Waals surface area contributed by atoms with Gasteiger partial charge in [-0.25, -0.2) is 9.97 Å². The van der Waals surface area contributed by atoms with Crippen LogP contribution in [-0.4, -0.2) is 15.1 Å². The summed E-state index contributed by atoms with van der Waals surface area (Å²) in [6, 6.07) is 14.8. The first-order chi connectivity index (χ1) is 9.72. The van der Waals surface area contributed by atoms with Gasteiger partial charge in [-0.15, -0.1) is 0 Å². The third-order valence-electron chi connectivity index (χ3n) is 3.17. The number of rotatable bonds is 3. The van der Waals surface area contributed by atoms with Crippen molar-refractivity contribution in [1.29, 1.82) is 0 Å². The van der Waals surface area contributed by atoms with Crippen molar-refractivity contribution in [2.24, 2.45) is 0 Å². The van der Waals surface area contributed by atoms with Gasteiger partial charge in [0.15, 0.2) is 0 Å². The second kappa shape index (κ2) is 5.17. The zero-order valence-corrected chi connectivity index (χ0v) is 11.2. The quantitative estimate of drug-likeness (QED) is 0.714. The van der Waals surface area contributed by atoms with E-state index in [0.29, 0.717) is 6.54 Å². The molecule has 0 radical (unpaired) electrons. The average molecular weight is 265 g/mol. The zero-order valence-electron chi connectivity index (χ0n) is 11.2. The predicted octanol–water partition coefficient (Wildman–Crippen LogP) is 3.26. The topological polar surface area (TPSA) is 58.0 Å². The van der Waals surface area contributed by atoms with Gasteiger partial charge in [0.25, 0.3) is 0 Å². The highest BCUT2D eigenvalue weighted by Crippen LogP contribution is 2.16. The minimum Gasteiger partial charge on any atom is -0.508 e. The Morgan fingerprint density at radius 1 is 0.950 bits per heavy atom. The van der Waals surface area contributed by atoms with Crippen LogP contribution < -0.4 is 5.32 Å². The van der Waals surface area contributed by atoms with Crippen LogP contribution in [0.4, 0.5) is 5.69 Å². The molecule has 0 aliphatic rings. The number of hydrogen-bond donors (Lipinski definition) is 2. The lowest BCUT2D eigenvalue weighted by molar-refractivity contribution is 0.475. The third kappa shape index (κ3) is 2.54. The molecule has 0 aliphatic heterocycles. The molecule has 4 nitrogen and oxygen atoms in total. The van der Waals surface area contributed by atoms with Gasteiger partial charge in [0.05, 0.1) is 29.0 Å². The summed E-state index contributed by atoms with van der Waals surface area (Å²) in [5, 5.41) is 12.5. The maximum atomic E-state index is 9.25. The van der Waals surface area contributed by atoms with Crippen molar-refractivity contribution in [2.75, 3.05) is 5.32 Å². The summed E-state index contributed by atoms with van der Waals surface area (Å²) in [5.74, 6) is 0.261. The number of nitrogens with zero attached hydrogens (tertiary/aromatic N) is 2. The standard InChI is InChI=1S/C16H15N3O/c1-11-16(10-17-12-6-8-13(20)9-7-12)19-15-5-3-2-4-14(15)18-11/h2-9,17,20H,10H2,1H3. The number of nitrogens with one attached hydrogen (secondary N) is 1. The molecule has 2 N–H and O–H groups in total. The molecule has 20 heavy (non-hydrogen) atoms. The molecular weight excluding hydrogens is 250 g/mol. The SMILES string of the molecule is Cc1nc2ccccc2nc1CNc1ccc(O)cc1. The first-order valence-corrected chi connectivity index (χ1v) is 6.47. The number of benzene rings is 2. The number of hydrogen-bond acceptors (Lipinski definition) is 4. The van der Waals surface area contributed by atoms with Crippen molar-refractivity contribution >= 4 is 16.7 Å². The van der Waals surface area contributed by atoms with Crippen molar-refractivity contribution in [2.45, 2.75) is 13.5 Å². The van der Waals surface area contributed by atoms with Crippen molar-refractivity contribution in [1.82, 2.24) is 9.97 Å². The Morgan fingerprint density at radius 3 is 2.30 bits per heavy atom. The van der Waals surface area contributed by atoms with Crippen LogP contribution in [0.1, 0.15) is 11.4 Å². The lowest BCUT2D eigenvalue weighted by Crippen LogP contribution is -2.05. The summed E-state index contributed by atoms with van der Waals surface area (Å²) < 4.78 is 0. The molecule has 4 heteroatoms. The van der Waals surface area contributed by atoms with E-state index in [9.17, 15) is 5.11 Å². The van der Waals surface area contributed by atoms with Crippen molar-refractivity contribution in [3.05, 3.63) is 59.9 Å². The third-order valence-corrected chi connectivity index (χ3v) is 3.17. The van der Waals surface area contributed by atoms with Gasteiger partial charge < -0.3 is 10.4 Å². The van der Waals surface area contributed by atoms with Crippen LogP contribution in [-0.2, 0) is 6.54 Å². The lowest BCUT2D eigenvalue weighted by atomic mass is 10.2. The largest absolute Gasteiger partial charge is 0.508 e. The minimum absolute atomic E-state index is 0.261. The molecule has 0 bridgehead atoms. The van der Waals surface area contributed by atoms with E-state index in [4.69, 9.17) is 0 Å². The van der Waals surface area contributed by atoms with E-state index in [1.807, 2.05) is 43.3 Å². The number of fused-ring (bicyclic) bond motifs is 1. The van der Waals surface area contributed by atoms with Gasteiger partial charge in [-0.3, -0.25) is 0 Å². The Labute approximate surface area is 117 Å². The number of para-hydroxylation sites is 2. The van der Waals surface area contributed by atoms with E-state index in [1.54, 1.807) is 12.1 Å². The van der Waals surface area contributed by atoms with Gasteiger partial charge in [-0.1, -0.05) is 12.1 Å². The van der Waals surface area contributed by atoms with Gasteiger partial charge in [-0.2, -0.15) is 0 Å². The van der Waals surface area contributed by atoms with Crippen LogP contribution in [0.2, 0.25) is 0 Å².